The Labute approximate surface area is 175 Å². The lowest BCUT2D eigenvalue weighted by Gasteiger charge is -2.09. The van der Waals surface area contributed by atoms with E-state index < -0.39 is 0 Å². The van der Waals surface area contributed by atoms with E-state index in [9.17, 15) is 9.59 Å². The number of para-hydroxylation sites is 1. The van der Waals surface area contributed by atoms with Crippen molar-refractivity contribution in [1.82, 2.24) is 24.5 Å². The summed E-state index contributed by atoms with van der Waals surface area (Å²) in [6, 6.07) is 9.36. The molecule has 1 aromatic carbocycles. The molecule has 0 radical (unpaired) electrons. The number of nitrogens with zero attached hydrogens (tertiary/aromatic N) is 4. The molecule has 0 aliphatic carbocycles. The topological polar surface area (TPSA) is 81.3 Å². The highest BCUT2D eigenvalue weighted by Crippen LogP contribution is 2.21. The van der Waals surface area contributed by atoms with Gasteiger partial charge in [0, 0.05) is 11.4 Å². The van der Waals surface area contributed by atoms with Crippen molar-refractivity contribution in [3.8, 4) is 0 Å². The maximum absolute atomic E-state index is 12.8. The van der Waals surface area contributed by atoms with Crippen LogP contribution in [0.5, 0.6) is 0 Å². The number of thiophene rings is 1. The standard InChI is InChI=1S/C20H19N5O2S2/c1-3-9-24-18(27)14-6-4-5-7-15(14)25-19(24)22-23-20(25)29-12-17(26)21-11-16-13(2)8-10-28-16/h3-8,10H,1,9,11-12H2,2H3,(H,21,26). The molecular formula is C20H19N5O2S2. The van der Waals surface area contributed by atoms with Gasteiger partial charge in [-0.15, -0.1) is 28.1 Å². The van der Waals surface area contributed by atoms with Gasteiger partial charge in [-0.05, 0) is 36.1 Å². The van der Waals surface area contributed by atoms with Crippen molar-refractivity contribution in [2.45, 2.75) is 25.2 Å². The summed E-state index contributed by atoms with van der Waals surface area (Å²) < 4.78 is 3.35. The Morgan fingerprint density at radius 3 is 2.90 bits per heavy atom. The van der Waals surface area contributed by atoms with Gasteiger partial charge in [0.25, 0.3) is 5.56 Å². The van der Waals surface area contributed by atoms with Crippen molar-refractivity contribution in [3.05, 3.63) is 69.2 Å². The summed E-state index contributed by atoms with van der Waals surface area (Å²) in [5, 5.41) is 14.5. The van der Waals surface area contributed by atoms with Crippen LogP contribution in [0.2, 0.25) is 0 Å². The Morgan fingerprint density at radius 1 is 1.31 bits per heavy atom. The van der Waals surface area contributed by atoms with Gasteiger partial charge < -0.3 is 5.32 Å². The lowest BCUT2D eigenvalue weighted by Crippen LogP contribution is -2.24. The molecule has 4 rings (SSSR count). The number of fused-ring (bicyclic) bond motifs is 3. The van der Waals surface area contributed by atoms with E-state index in [4.69, 9.17) is 0 Å². The molecule has 0 atom stereocenters. The summed E-state index contributed by atoms with van der Waals surface area (Å²) in [7, 11) is 0. The Balaban J connectivity index is 1.61. The zero-order valence-corrected chi connectivity index (χ0v) is 17.4. The first-order valence-electron chi connectivity index (χ1n) is 9.00. The highest BCUT2D eigenvalue weighted by Gasteiger charge is 2.17. The van der Waals surface area contributed by atoms with E-state index in [2.05, 4.69) is 22.1 Å². The van der Waals surface area contributed by atoms with Gasteiger partial charge in [-0.25, -0.2) is 0 Å². The summed E-state index contributed by atoms with van der Waals surface area (Å²) >= 11 is 2.92. The molecule has 4 aromatic rings. The number of rotatable bonds is 7. The molecule has 0 fully saturated rings. The van der Waals surface area contributed by atoms with Crippen LogP contribution in [-0.2, 0) is 17.9 Å². The van der Waals surface area contributed by atoms with Gasteiger partial charge in [0.2, 0.25) is 11.7 Å². The quantitative estimate of drug-likeness (QED) is 0.364. The fourth-order valence-electron chi connectivity index (χ4n) is 3.07. The van der Waals surface area contributed by atoms with Crippen LogP contribution in [0.3, 0.4) is 0 Å². The Kier molecular flexibility index (Phi) is 5.50. The number of amides is 1. The van der Waals surface area contributed by atoms with Crippen LogP contribution in [-0.4, -0.2) is 30.8 Å². The van der Waals surface area contributed by atoms with Gasteiger partial charge >= 0.3 is 0 Å². The summed E-state index contributed by atoms with van der Waals surface area (Å²) in [5.41, 5.74) is 1.76. The number of aryl methyl sites for hydroxylation is 1. The van der Waals surface area contributed by atoms with Gasteiger partial charge in [-0.3, -0.25) is 18.6 Å². The molecule has 3 heterocycles. The number of thioether (sulfide) groups is 1. The highest BCUT2D eigenvalue weighted by molar-refractivity contribution is 7.99. The second-order valence-electron chi connectivity index (χ2n) is 6.43. The Morgan fingerprint density at radius 2 is 2.14 bits per heavy atom. The molecule has 29 heavy (non-hydrogen) atoms. The van der Waals surface area contributed by atoms with Gasteiger partial charge in [0.15, 0.2) is 5.16 Å². The number of carbonyl (C=O) groups is 1. The molecule has 0 aliphatic heterocycles. The molecule has 7 nitrogen and oxygen atoms in total. The second kappa shape index (κ2) is 8.22. The zero-order valence-electron chi connectivity index (χ0n) is 15.8. The van der Waals surface area contributed by atoms with Crippen LogP contribution in [0.25, 0.3) is 16.7 Å². The smallest absolute Gasteiger partial charge is 0.263 e. The number of nitrogens with one attached hydrogen (secondary N) is 1. The zero-order chi connectivity index (χ0) is 20.4. The normalized spacial score (nSPS) is 11.2. The molecule has 0 aliphatic rings. The van der Waals surface area contributed by atoms with Crippen molar-refractivity contribution >= 4 is 45.7 Å². The third-order valence-electron chi connectivity index (χ3n) is 4.54. The Hall–Kier alpha value is -2.91. The van der Waals surface area contributed by atoms with Gasteiger partial charge in [0.05, 0.1) is 23.2 Å². The molecule has 0 unspecified atom stereocenters. The number of carbonyl (C=O) groups excluding carboxylic acids is 1. The predicted octanol–water partition coefficient (Wildman–Crippen LogP) is 3.01. The summed E-state index contributed by atoms with van der Waals surface area (Å²) in [6.07, 6.45) is 1.65. The monoisotopic (exact) mass is 425 g/mol. The van der Waals surface area contributed by atoms with E-state index in [0.29, 0.717) is 29.4 Å². The second-order valence-corrected chi connectivity index (χ2v) is 8.37. The average Bonchev–Trinajstić information content (AvgIpc) is 3.34. The van der Waals surface area contributed by atoms with E-state index in [-0.39, 0.29) is 17.2 Å². The lowest BCUT2D eigenvalue weighted by molar-refractivity contribution is -0.118. The Bertz CT molecular complexity index is 1270. The third kappa shape index (κ3) is 3.70. The van der Waals surface area contributed by atoms with Gasteiger partial charge in [0.1, 0.15) is 0 Å². The van der Waals surface area contributed by atoms with Crippen LogP contribution in [0.4, 0.5) is 0 Å². The molecule has 3 aromatic heterocycles. The van der Waals surface area contributed by atoms with Crippen LogP contribution in [0, 0.1) is 6.92 Å². The highest BCUT2D eigenvalue weighted by atomic mass is 32.2. The van der Waals surface area contributed by atoms with Crippen molar-refractivity contribution in [2.24, 2.45) is 0 Å². The van der Waals surface area contributed by atoms with E-state index in [1.807, 2.05) is 41.0 Å². The molecule has 9 heteroatoms. The molecule has 1 N–H and O–H groups in total. The van der Waals surface area contributed by atoms with Gasteiger partial charge in [-0.1, -0.05) is 30.0 Å². The largest absolute Gasteiger partial charge is 0.350 e. The van der Waals surface area contributed by atoms with Crippen LogP contribution < -0.4 is 10.9 Å². The first-order chi connectivity index (χ1) is 14.1. The molecular weight excluding hydrogens is 406 g/mol. The molecule has 148 valence electrons. The molecule has 0 saturated heterocycles. The van der Waals surface area contributed by atoms with Crippen LogP contribution in [0.15, 0.2) is 58.3 Å². The first-order valence-corrected chi connectivity index (χ1v) is 10.9. The van der Waals surface area contributed by atoms with Crippen LogP contribution >= 0.6 is 23.1 Å². The van der Waals surface area contributed by atoms with E-state index in [1.165, 1.54) is 21.9 Å². The molecule has 0 spiro atoms. The number of benzene rings is 1. The number of hydrogen-bond acceptors (Lipinski definition) is 6. The fraction of sp³-hybridized carbons (Fsp3) is 0.200. The van der Waals surface area contributed by atoms with Gasteiger partial charge in [-0.2, -0.15) is 0 Å². The third-order valence-corrected chi connectivity index (χ3v) is 6.49. The number of hydrogen-bond donors (Lipinski definition) is 1. The van der Waals surface area contributed by atoms with E-state index in [1.54, 1.807) is 23.5 Å². The first kappa shape index (κ1) is 19.4. The molecule has 0 saturated carbocycles. The van der Waals surface area contributed by atoms with Crippen LogP contribution in [0.1, 0.15) is 10.4 Å². The van der Waals surface area contributed by atoms with Crippen molar-refractivity contribution in [1.29, 1.82) is 0 Å². The minimum Gasteiger partial charge on any atom is -0.350 e. The fourth-order valence-corrected chi connectivity index (χ4v) is 4.68. The summed E-state index contributed by atoms with van der Waals surface area (Å²) in [5.74, 6) is 0.564. The number of aromatic nitrogens is 4. The molecule has 1 amide bonds. The SMILES string of the molecule is C=CCn1c(=O)c2ccccc2n2c(SCC(=O)NCc3sccc3C)nnc12. The van der Waals surface area contributed by atoms with Crippen molar-refractivity contribution < 1.29 is 4.79 Å². The summed E-state index contributed by atoms with van der Waals surface area (Å²) in [4.78, 5) is 26.3. The average molecular weight is 426 g/mol. The van der Waals surface area contributed by atoms with E-state index in [0.717, 1.165) is 10.4 Å². The van der Waals surface area contributed by atoms with Crippen molar-refractivity contribution in [3.63, 3.8) is 0 Å². The lowest BCUT2D eigenvalue weighted by atomic mass is 10.2. The summed E-state index contributed by atoms with van der Waals surface area (Å²) in [6.45, 7) is 6.60. The minimum atomic E-state index is -0.138. The maximum Gasteiger partial charge on any atom is 0.263 e. The maximum atomic E-state index is 12.8. The number of allylic oxidation sites excluding steroid dienone is 1. The molecule has 0 bridgehead atoms. The van der Waals surface area contributed by atoms with Crippen molar-refractivity contribution in [2.75, 3.05) is 5.75 Å². The van der Waals surface area contributed by atoms with E-state index >= 15 is 0 Å². The predicted molar refractivity (Wildman–Crippen MR) is 117 cm³/mol. The minimum absolute atomic E-state index is 0.0803.